The van der Waals surface area contributed by atoms with E-state index in [2.05, 4.69) is 15.0 Å². The van der Waals surface area contributed by atoms with Gasteiger partial charge in [0.05, 0.1) is 12.7 Å². The van der Waals surface area contributed by atoms with Crippen molar-refractivity contribution in [3.8, 4) is 0 Å². The summed E-state index contributed by atoms with van der Waals surface area (Å²) in [5, 5.41) is 2.88. The highest BCUT2D eigenvalue weighted by Crippen LogP contribution is 2.19. The number of nitrogens with one attached hydrogen (secondary N) is 2. The minimum Gasteiger partial charge on any atom is -0.353 e. The van der Waals surface area contributed by atoms with Gasteiger partial charge in [-0.3, -0.25) is 9.52 Å². The van der Waals surface area contributed by atoms with Crippen LogP contribution in [0, 0.1) is 0 Å². The zero-order chi connectivity index (χ0) is 16.4. The Morgan fingerprint density at radius 2 is 2.00 bits per heavy atom. The monoisotopic (exact) mass is 334 g/mol. The van der Waals surface area contributed by atoms with Crippen LogP contribution in [0.2, 0.25) is 0 Å². The number of imidazole rings is 1. The van der Waals surface area contributed by atoms with Gasteiger partial charge >= 0.3 is 0 Å². The van der Waals surface area contributed by atoms with Crippen LogP contribution >= 0.6 is 0 Å². The molecular formula is C15H18N4O3S. The Morgan fingerprint density at radius 3 is 2.57 bits per heavy atom. The number of hydrogen-bond donors (Lipinski definition) is 2. The van der Waals surface area contributed by atoms with Crippen LogP contribution in [0.25, 0.3) is 0 Å². The van der Waals surface area contributed by atoms with Gasteiger partial charge in [0.1, 0.15) is 0 Å². The predicted octanol–water partition coefficient (Wildman–Crippen LogP) is 1.04. The van der Waals surface area contributed by atoms with Crippen molar-refractivity contribution < 1.29 is 13.2 Å². The van der Waals surface area contributed by atoms with Crippen molar-refractivity contribution in [1.82, 2.24) is 14.9 Å². The van der Waals surface area contributed by atoms with Gasteiger partial charge in [0.15, 0.2) is 5.03 Å². The third kappa shape index (κ3) is 4.10. The van der Waals surface area contributed by atoms with Gasteiger partial charge in [0, 0.05) is 25.0 Å². The Kier molecular flexibility index (Phi) is 4.08. The molecule has 1 aromatic carbocycles. The summed E-state index contributed by atoms with van der Waals surface area (Å²) >= 11 is 0. The second-order valence-electron chi connectivity index (χ2n) is 5.70. The van der Waals surface area contributed by atoms with Crippen molar-refractivity contribution >= 4 is 21.6 Å². The van der Waals surface area contributed by atoms with Crippen molar-refractivity contribution in [2.45, 2.75) is 30.3 Å². The van der Waals surface area contributed by atoms with Crippen LogP contribution < -0.4 is 10.0 Å². The van der Waals surface area contributed by atoms with E-state index in [1.54, 1.807) is 35.9 Å². The second kappa shape index (κ2) is 6.04. The number of anilines is 1. The fourth-order valence-electron chi connectivity index (χ4n) is 2.12. The first-order valence-electron chi connectivity index (χ1n) is 7.31. The molecule has 8 heteroatoms. The summed E-state index contributed by atoms with van der Waals surface area (Å²) in [6.07, 6.45) is 5.26. The number of benzene rings is 1. The van der Waals surface area contributed by atoms with E-state index in [-0.39, 0.29) is 10.9 Å². The molecule has 0 atom stereocenters. The second-order valence-corrected chi connectivity index (χ2v) is 7.33. The number of sulfonamides is 1. The molecule has 122 valence electrons. The quantitative estimate of drug-likeness (QED) is 0.825. The maximum absolute atomic E-state index is 12.2. The Labute approximate surface area is 134 Å². The van der Waals surface area contributed by atoms with E-state index < -0.39 is 10.0 Å². The molecule has 1 aromatic heterocycles. The molecule has 0 unspecified atom stereocenters. The van der Waals surface area contributed by atoms with Crippen LogP contribution in [0.1, 0.15) is 18.4 Å². The molecule has 0 aliphatic heterocycles. The van der Waals surface area contributed by atoms with Gasteiger partial charge in [0.2, 0.25) is 5.91 Å². The van der Waals surface area contributed by atoms with Crippen molar-refractivity contribution in [2.75, 3.05) is 4.72 Å². The van der Waals surface area contributed by atoms with E-state index in [1.807, 2.05) is 0 Å². The summed E-state index contributed by atoms with van der Waals surface area (Å²) in [5.74, 6) is -0.00526. The van der Waals surface area contributed by atoms with E-state index >= 15 is 0 Å². The van der Waals surface area contributed by atoms with Gasteiger partial charge in [-0.05, 0) is 30.5 Å². The smallest absolute Gasteiger partial charge is 0.280 e. The number of rotatable bonds is 6. The number of amides is 1. The molecule has 1 aliphatic rings. The fraction of sp³-hybridized carbons (Fsp3) is 0.333. The van der Waals surface area contributed by atoms with E-state index in [4.69, 9.17) is 0 Å². The van der Waals surface area contributed by atoms with Gasteiger partial charge in [0.25, 0.3) is 10.0 Å². The molecule has 0 radical (unpaired) electrons. The number of carbonyl (C=O) groups is 1. The van der Waals surface area contributed by atoms with Crippen LogP contribution in [0.5, 0.6) is 0 Å². The van der Waals surface area contributed by atoms with Gasteiger partial charge in [-0.25, -0.2) is 4.98 Å². The van der Waals surface area contributed by atoms with Crippen LogP contribution in [-0.4, -0.2) is 29.9 Å². The van der Waals surface area contributed by atoms with Gasteiger partial charge < -0.3 is 9.88 Å². The van der Waals surface area contributed by atoms with Crippen LogP contribution in [0.3, 0.4) is 0 Å². The Hall–Kier alpha value is -2.35. The number of aromatic nitrogens is 2. The van der Waals surface area contributed by atoms with E-state index in [0.29, 0.717) is 18.2 Å². The summed E-state index contributed by atoms with van der Waals surface area (Å²) in [4.78, 5) is 15.6. The van der Waals surface area contributed by atoms with Crippen molar-refractivity contribution in [1.29, 1.82) is 0 Å². The summed E-state index contributed by atoms with van der Waals surface area (Å²) in [6, 6.07) is 7.10. The largest absolute Gasteiger partial charge is 0.353 e. The Bertz CT molecular complexity index is 808. The molecule has 1 heterocycles. The summed E-state index contributed by atoms with van der Waals surface area (Å²) < 4.78 is 28.3. The first-order chi connectivity index (χ1) is 10.9. The molecule has 1 aliphatic carbocycles. The molecule has 23 heavy (non-hydrogen) atoms. The topological polar surface area (TPSA) is 93.1 Å². The molecule has 1 amide bonds. The fourth-order valence-corrected chi connectivity index (χ4v) is 3.16. The molecule has 2 N–H and O–H groups in total. The SMILES string of the molecule is Cn1cnc(S(=O)(=O)Nc2ccc(CC(=O)NC3CC3)cc2)c1. The normalized spacial score (nSPS) is 14.5. The molecule has 3 rings (SSSR count). The Balaban J connectivity index is 1.63. The standard InChI is InChI=1S/C15H18N4O3S/c1-19-9-15(16-10-19)23(21,22)18-13-4-2-11(3-5-13)8-14(20)17-12-6-7-12/h2-5,9-10,12,18H,6-8H2,1H3,(H,17,20). The minimum atomic E-state index is -3.70. The van der Waals surface area contributed by atoms with Crippen LogP contribution in [-0.2, 0) is 28.3 Å². The van der Waals surface area contributed by atoms with Gasteiger partial charge in [-0.1, -0.05) is 12.1 Å². The molecule has 1 fully saturated rings. The number of aryl methyl sites for hydroxylation is 1. The third-order valence-electron chi connectivity index (χ3n) is 3.47. The molecular weight excluding hydrogens is 316 g/mol. The zero-order valence-electron chi connectivity index (χ0n) is 12.7. The van der Waals surface area contributed by atoms with Crippen LogP contribution in [0.4, 0.5) is 5.69 Å². The lowest BCUT2D eigenvalue weighted by Crippen LogP contribution is -2.26. The first-order valence-corrected chi connectivity index (χ1v) is 8.80. The minimum absolute atomic E-state index is 0.00526. The highest BCUT2D eigenvalue weighted by Gasteiger charge is 2.23. The summed E-state index contributed by atoms with van der Waals surface area (Å²) in [6.45, 7) is 0. The molecule has 1 saturated carbocycles. The number of hydrogen-bond acceptors (Lipinski definition) is 4. The highest BCUT2D eigenvalue weighted by atomic mass is 32.2. The lowest BCUT2D eigenvalue weighted by Gasteiger charge is -2.07. The first kappa shape index (κ1) is 15.5. The van der Waals surface area contributed by atoms with Crippen molar-refractivity contribution in [3.63, 3.8) is 0 Å². The number of nitrogens with zero attached hydrogens (tertiary/aromatic N) is 2. The van der Waals surface area contributed by atoms with E-state index in [0.717, 1.165) is 18.4 Å². The highest BCUT2D eigenvalue weighted by molar-refractivity contribution is 7.92. The van der Waals surface area contributed by atoms with Crippen LogP contribution in [0.15, 0.2) is 41.8 Å². The van der Waals surface area contributed by atoms with Gasteiger partial charge in [-0.15, -0.1) is 0 Å². The maximum Gasteiger partial charge on any atom is 0.280 e. The van der Waals surface area contributed by atoms with E-state index in [1.165, 1.54) is 12.5 Å². The molecule has 0 bridgehead atoms. The summed E-state index contributed by atoms with van der Waals surface area (Å²) in [5.41, 5.74) is 1.27. The predicted molar refractivity (Wildman–Crippen MR) is 85.3 cm³/mol. The number of carbonyl (C=O) groups excluding carboxylic acids is 1. The maximum atomic E-state index is 12.2. The van der Waals surface area contributed by atoms with E-state index in [9.17, 15) is 13.2 Å². The average molecular weight is 334 g/mol. The lowest BCUT2D eigenvalue weighted by molar-refractivity contribution is -0.120. The van der Waals surface area contributed by atoms with Crippen molar-refractivity contribution in [3.05, 3.63) is 42.4 Å². The lowest BCUT2D eigenvalue weighted by atomic mass is 10.1. The molecule has 2 aromatic rings. The summed E-state index contributed by atoms with van der Waals surface area (Å²) in [7, 11) is -2.00. The molecule has 0 spiro atoms. The average Bonchev–Trinajstić information content (AvgIpc) is 3.18. The Morgan fingerprint density at radius 1 is 1.30 bits per heavy atom. The van der Waals surface area contributed by atoms with Gasteiger partial charge in [-0.2, -0.15) is 8.42 Å². The third-order valence-corrected chi connectivity index (χ3v) is 4.74. The zero-order valence-corrected chi connectivity index (χ0v) is 13.5. The molecule has 0 saturated heterocycles. The van der Waals surface area contributed by atoms with Crippen molar-refractivity contribution in [2.24, 2.45) is 7.05 Å². The molecule has 7 nitrogen and oxygen atoms in total.